The lowest BCUT2D eigenvalue weighted by atomic mass is 10.1. The number of hydrogen-bond donors (Lipinski definition) is 0. The maximum Gasteiger partial charge on any atom is 0.163 e. The molecule has 0 fully saturated rings. The van der Waals surface area contributed by atoms with E-state index in [1.165, 1.54) is 23.5 Å². The van der Waals surface area contributed by atoms with Gasteiger partial charge in [0.1, 0.15) is 4.75 Å². The topological polar surface area (TPSA) is 59.4 Å². The van der Waals surface area contributed by atoms with Crippen LogP contribution in [0.15, 0.2) is 12.1 Å². The Hall–Kier alpha value is -1.21. The molecule has 0 aliphatic carbocycles. The molecule has 9 heteroatoms. The van der Waals surface area contributed by atoms with E-state index in [1.54, 1.807) is 9.36 Å². The quantitative estimate of drug-likeness (QED) is 0.675. The summed E-state index contributed by atoms with van der Waals surface area (Å²) < 4.78 is 4.02. The van der Waals surface area contributed by atoms with E-state index in [2.05, 4.69) is 16.3 Å². The van der Waals surface area contributed by atoms with E-state index < -0.39 is 4.75 Å². The van der Waals surface area contributed by atoms with Gasteiger partial charge in [-0.1, -0.05) is 54.9 Å². The van der Waals surface area contributed by atoms with E-state index in [9.17, 15) is 5.26 Å². The lowest BCUT2D eigenvalue weighted by Crippen LogP contribution is -2.30. The molecule has 0 bridgehead atoms. The number of thiocarbonyl (C=S) groups is 2. The summed E-state index contributed by atoms with van der Waals surface area (Å²) in [4.78, 5) is 0. The molecule has 0 saturated heterocycles. The minimum Gasteiger partial charge on any atom is -0.220 e. The molecule has 26 heavy (non-hydrogen) atoms. The normalized spacial score (nSPS) is 13.2. The van der Waals surface area contributed by atoms with Crippen LogP contribution in [0.25, 0.3) is 0 Å². The fourth-order valence-electron chi connectivity index (χ4n) is 2.42. The molecular weight excluding hydrogens is 402 g/mol. The smallest absolute Gasteiger partial charge is 0.163 e. The number of aromatic nitrogens is 4. The van der Waals surface area contributed by atoms with E-state index in [4.69, 9.17) is 24.4 Å². The predicted octanol–water partition coefficient (Wildman–Crippen LogP) is 4.42. The Balaban J connectivity index is 2.13. The molecule has 0 spiro atoms. The van der Waals surface area contributed by atoms with Crippen LogP contribution in [0.5, 0.6) is 0 Å². The molecule has 0 aliphatic rings. The van der Waals surface area contributed by atoms with Crippen LogP contribution in [0.1, 0.15) is 36.1 Å². The van der Waals surface area contributed by atoms with Crippen molar-refractivity contribution in [3.63, 3.8) is 0 Å². The van der Waals surface area contributed by atoms with E-state index in [1.807, 2.05) is 46.8 Å². The van der Waals surface area contributed by atoms with Crippen molar-refractivity contribution in [2.24, 2.45) is 0 Å². The van der Waals surface area contributed by atoms with Crippen LogP contribution in [0.2, 0.25) is 0 Å². The van der Waals surface area contributed by atoms with Gasteiger partial charge in [0, 0.05) is 17.1 Å². The molecule has 5 nitrogen and oxygen atoms in total. The second-order valence-electron chi connectivity index (χ2n) is 6.06. The fourth-order valence-corrected chi connectivity index (χ4v) is 5.58. The molecule has 0 radical (unpaired) electrons. The summed E-state index contributed by atoms with van der Waals surface area (Å²) in [5.41, 5.74) is 3.79. The summed E-state index contributed by atoms with van der Waals surface area (Å²) in [5.74, 6) is 0.529. The zero-order valence-corrected chi connectivity index (χ0v) is 18.7. The van der Waals surface area contributed by atoms with E-state index in [0.717, 1.165) is 22.8 Å². The second-order valence-corrected chi connectivity index (χ2v) is 9.69. The predicted molar refractivity (Wildman–Crippen MR) is 118 cm³/mol. The Morgan fingerprint density at radius 3 is 1.96 bits per heavy atom. The fraction of sp³-hybridized carbons (Fsp3) is 0.471. The average Bonchev–Trinajstić information content (AvgIpc) is 3.11. The maximum absolute atomic E-state index is 9.85. The van der Waals surface area contributed by atoms with Gasteiger partial charge in [0.15, 0.2) is 8.64 Å². The van der Waals surface area contributed by atoms with Gasteiger partial charge in [0.05, 0.1) is 17.5 Å². The number of nitriles is 1. The van der Waals surface area contributed by atoms with Crippen molar-refractivity contribution < 1.29 is 0 Å². The highest BCUT2D eigenvalue weighted by molar-refractivity contribution is 8.26. The van der Waals surface area contributed by atoms with Crippen LogP contribution in [0, 0.1) is 39.0 Å². The summed E-state index contributed by atoms with van der Waals surface area (Å²) in [6.07, 6.45) is 0.653. The number of aryl methyl sites for hydroxylation is 4. The summed E-state index contributed by atoms with van der Waals surface area (Å²) in [6, 6.07) is 6.40. The molecule has 0 aromatic carbocycles. The Morgan fingerprint density at radius 2 is 1.58 bits per heavy atom. The van der Waals surface area contributed by atoms with Crippen molar-refractivity contribution in [3.8, 4) is 6.07 Å². The zero-order chi connectivity index (χ0) is 19.5. The van der Waals surface area contributed by atoms with Crippen LogP contribution in [0.4, 0.5) is 0 Å². The molecule has 2 heterocycles. The molecule has 2 rings (SSSR count). The van der Waals surface area contributed by atoms with Crippen LogP contribution in [-0.4, -0.2) is 38.7 Å². The maximum atomic E-state index is 9.85. The summed E-state index contributed by atoms with van der Waals surface area (Å²) in [7, 11) is 0. The third kappa shape index (κ3) is 4.74. The van der Waals surface area contributed by atoms with Crippen molar-refractivity contribution in [1.82, 2.24) is 19.6 Å². The van der Waals surface area contributed by atoms with Crippen LogP contribution in [0.3, 0.4) is 0 Å². The van der Waals surface area contributed by atoms with Gasteiger partial charge >= 0.3 is 0 Å². The highest BCUT2D eigenvalue weighted by atomic mass is 32.2. The van der Waals surface area contributed by atoms with Gasteiger partial charge in [-0.3, -0.25) is 0 Å². The number of nitrogens with zero attached hydrogens (tertiary/aromatic N) is 5. The average molecular weight is 424 g/mol. The van der Waals surface area contributed by atoms with Gasteiger partial charge in [-0.05, 0) is 46.2 Å². The highest BCUT2D eigenvalue weighted by Crippen LogP contribution is 2.34. The van der Waals surface area contributed by atoms with Crippen molar-refractivity contribution in [1.29, 1.82) is 5.26 Å². The number of hydrogen-bond acceptors (Lipinski definition) is 7. The third-order valence-corrected chi connectivity index (χ3v) is 7.30. The minimum atomic E-state index is -0.672. The van der Waals surface area contributed by atoms with Crippen LogP contribution >= 0.6 is 48.0 Å². The Labute approximate surface area is 173 Å². The molecule has 0 amide bonds. The largest absolute Gasteiger partial charge is 0.220 e. The van der Waals surface area contributed by atoms with E-state index >= 15 is 0 Å². The third-order valence-electron chi connectivity index (χ3n) is 3.85. The van der Waals surface area contributed by atoms with Gasteiger partial charge in [-0.25, -0.2) is 9.36 Å². The lowest BCUT2D eigenvalue weighted by Gasteiger charge is -2.24. The Morgan fingerprint density at radius 1 is 1.08 bits per heavy atom. The summed E-state index contributed by atoms with van der Waals surface area (Å²) in [6.45, 7) is 9.78. The van der Waals surface area contributed by atoms with Gasteiger partial charge in [-0.2, -0.15) is 15.5 Å². The Bertz CT molecular complexity index is 876. The zero-order valence-electron chi connectivity index (χ0n) is 15.4. The van der Waals surface area contributed by atoms with Gasteiger partial charge in [-0.15, -0.1) is 0 Å². The van der Waals surface area contributed by atoms with Crippen LogP contribution in [-0.2, 0) is 0 Å². The molecule has 0 N–H and O–H groups in total. The van der Waals surface area contributed by atoms with Crippen molar-refractivity contribution >= 4 is 56.6 Å². The first-order valence-corrected chi connectivity index (χ1v) is 10.7. The van der Waals surface area contributed by atoms with E-state index in [0.29, 0.717) is 20.8 Å². The molecule has 1 unspecified atom stereocenters. The molecular formula is C17H21N5S4. The second kappa shape index (κ2) is 8.65. The van der Waals surface area contributed by atoms with Crippen LogP contribution < -0.4 is 0 Å². The summed E-state index contributed by atoms with van der Waals surface area (Å²) >= 11 is 13.9. The molecule has 1 atom stereocenters. The first-order valence-electron chi connectivity index (χ1n) is 8.09. The van der Waals surface area contributed by atoms with Crippen molar-refractivity contribution in [3.05, 3.63) is 34.9 Å². The monoisotopic (exact) mass is 423 g/mol. The SMILES string of the molecule is CCC(C#N)(CSC(=S)n1nc(C)cc1C)SC(=S)n1nc(C)cc1C. The van der Waals surface area contributed by atoms with Crippen molar-refractivity contribution in [2.45, 2.75) is 45.8 Å². The van der Waals surface area contributed by atoms with Gasteiger partial charge < -0.3 is 0 Å². The molecule has 138 valence electrons. The minimum absolute atomic E-state index is 0.529. The summed E-state index contributed by atoms with van der Waals surface area (Å²) in [5, 5.41) is 18.7. The molecule has 2 aromatic heterocycles. The standard InChI is InChI=1S/C17H21N5S4/c1-6-17(9-18,26-16(24)22-14(5)8-12(3)20-22)10-25-15(23)21-13(4)7-11(2)19-21/h7-8H,6,10H2,1-5H3. The first kappa shape index (κ1) is 21.1. The van der Waals surface area contributed by atoms with E-state index in [-0.39, 0.29) is 0 Å². The number of thioether (sulfide) groups is 2. The highest BCUT2D eigenvalue weighted by Gasteiger charge is 2.32. The first-order chi connectivity index (χ1) is 12.2. The number of rotatable bonds is 4. The lowest BCUT2D eigenvalue weighted by molar-refractivity contribution is 0.783. The molecule has 0 saturated carbocycles. The van der Waals surface area contributed by atoms with Crippen molar-refractivity contribution in [2.75, 3.05) is 5.75 Å². The van der Waals surface area contributed by atoms with Gasteiger partial charge in [0.2, 0.25) is 0 Å². The van der Waals surface area contributed by atoms with Gasteiger partial charge in [0.25, 0.3) is 0 Å². The molecule has 2 aromatic rings. The Kier molecular flexibility index (Phi) is 7.02. The molecule has 0 aliphatic heterocycles.